The van der Waals surface area contributed by atoms with Gasteiger partial charge in [-0.2, -0.15) is 0 Å². The second-order valence-corrected chi connectivity index (χ2v) is 9.52. The third-order valence-electron chi connectivity index (χ3n) is 4.71. The summed E-state index contributed by atoms with van der Waals surface area (Å²) in [5.41, 5.74) is 0.160. The first-order valence-corrected chi connectivity index (χ1v) is 11.0. The SMILES string of the molecule is COc1cc2sc(CNC(=O)OC(C)(C)C)nc2cc1OCC(=O)N1CCN(C)CC1. The summed E-state index contributed by atoms with van der Waals surface area (Å²) in [6, 6.07) is 3.60. The number of carbonyl (C=O) groups is 2. The average molecular weight is 451 g/mol. The molecule has 10 heteroatoms. The van der Waals surface area contributed by atoms with Crippen LogP contribution in [0.1, 0.15) is 25.8 Å². The van der Waals surface area contributed by atoms with Crippen LogP contribution >= 0.6 is 11.3 Å². The van der Waals surface area contributed by atoms with Crippen molar-refractivity contribution in [1.29, 1.82) is 0 Å². The van der Waals surface area contributed by atoms with E-state index in [0.717, 1.165) is 22.8 Å². The molecular formula is C21H30N4O5S. The van der Waals surface area contributed by atoms with Gasteiger partial charge in [0.1, 0.15) is 10.6 Å². The summed E-state index contributed by atoms with van der Waals surface area (Å²) in [5, 5.41) is 3.44. The number of aromatic nitrogens is 1. The van der Waals surface area contributed by atoms with Crippen LogP contribution in [0.15, 0.2) is 12.1 Å². The minimum atomic E-state index is -0.557. The number of rotatable bonds is 6. The third-order valence-corrected chi connectivity index (χ3v) is 5.73. The highest BCUT2D eigenvalue weighted by molar-refractivity contribution is 7.18. The van der Waals surface area contributed by atoms with Crippen molar-refractivity contribution in [2.24, 2.45) is 0 Å². The first kappa shape index (κ1) is 23.1. The first-order valence-electron chi connectivity index (χ1n) is 10.2. The molecule has 1 aliphatic rings. The van der Waals surface area contributed by atoms with E-state index in [1.54, 1.807) is 13.2 Å². The van der Waals surface area contributed by atoms with E-state index in [4.69, 9.17) is 14.2 Å². The molecular weight excluding hydrogens is 420 g/mol. The Labute approximate surface area is 186 Å². The molecule has 0 saturated carbocycles. The minimum Gasteiger partial charge on any atom is -0.493 e. The lowest BCUT2D eigenvalue weighted by Gasteiger charge is -2.32. The molecule has 1 N–H and O–H groups in total. The van der Waals surface area contributed by atoms with Crippen LogP contribution in [0.3, 0.4) is 0 Å². The van der Waals surface area contributed by atoms with Gasteiger partial charge in [0.25, 0.3) is 5.91 Å². The predicted molar refractivity (Wildman–Crippen MR) is 119 cm³/mol. The lowest BCUT2D eigenvalue weighted by atomic mass is 10.2. The fourth-order valence-electron chi connectivity index (χ4n) is 3.08. The summed E-state index contributed by atoms with van der Waals surface area (Å²) >= 11 is 1.45. The first-order chi connectivity index (χ1) is 14.6. The van der Waals surface area contributed by atoms with E-state index in [1.165, 1.54) is 11.3 Å². The summed E-state index contributed by atoms with van der Waals surface area (Å²) in [6.07, 6.45) is -0.490. The van der Waals surface area contributed by atoms with Crippen LogP contribution in [-0.4, -0.2) is 79.3 Å². The summed E-state index contributed by atoms with van der Waals surface area (Å²) in [6.45, 7) is 8.77. The van der Waals surface area contributed by atoms with Crippen LogP contribution in [0, 0.1) is 0 Å². The number of carbonyl (C=O) groups excluding carboxylic acids is 2. The number of methoxy groups -OCH3 is 1. The smallest absolute Gasteiger partial charge is 0.408 e. The van der Waals surface area contributed by atoms with Crippen LogP contribution in [-0.2, 0) is 16.1 Å². The van der Waals surface area contributed by atoms with Gasteiger partial charge in [0, 0.05) is 38.3 Å². The average Bonchev–Trinajstić information content (AvgIpc) is 3.10. The van der Waals surface area contributed by atoms with Crippen LogP contribution < -0.4 is 14.8 Å². The summed E-state index contributed by atoms with van der Waals surface area (Å²) < 4.78 is 17.4. The summed E-state index contributed by atoms with van der Waals surface area (Å²) in [5.74, 6) is 0.958. The molecule has 1 fully saturated rings. The molecule has 0 spiro atoms. The minimum absolute atomic E-state index is 0.0456. The highest BCUT2D eigenvalue weighted by Crippen LogP contribution is 2.35. The molecule has 2 heterocycles. The number of amides is 2. The third kappa shape index (κ3) is 6.44. The Morgan fingerprint density at radius 2 is 1.87 bits per heavy atom. The number of hydrogen-bond donors (Lipinski definition) is 1. The van der Waals surface area contributed by atoms with E-state index in [0.29, 0.717) is 30.1 Å². The molecule has 2 aromatic rings. The largest absolute Gasteiger partial charge is 0.493 e. The Hall–Kier alpha value is -2.59. The molecule has 2 amide bonds. The normalized spacial score (nSPS) is 15.1. The number of nitrogens with zero attached hydrogens (tertiary/aromatic N) is 3. The van der Waals surface area contributed by atoms with Crippen molar-refractivity contribution in [3.63, 3.8) is 0 Å². The van der Waals surface area contributed by atoms with Gasteiger partial charge in [-0.3, -0.25) is 4.79 Å². The topological polar surface area (TPSA) is 93.2 Å². The van der Waals surface area contributed by atoms with Gasteiger partial charge in [-0.1, -0.05) is 0 Å². The van der Waals surface area contributed by atoms with Gasteiger partial charge in [0.15, 0.2) is 18.1 Å². The quantitative estimate of drug-likeness (QED) is 0.723. The van der Waals surface area contributed by atoms with Crippen molar-refractivity contribution >= 4 is 33.6 Å². The zero-order valence-corrected chi connectivity index (χ0v) is 19.5. The molecule has 0 radical (unpaired) electrons. The van der Waals surface area contributed by atoms with Crippen molar-refractivity contribution in [2.75, 3.05) is 46.9 Å². The number of benzene rings is 1. The van der Waals surface area contributed by atoms with Crippen LogP contribution in [0.5, 0.6) is 11.5 Å². The Bertz CT molecular complexity index is 932. The van der Waals surface area contributed by atoms with Gasteiger partial charge < -0.3 is 29.3 Å². The van der Waals surface area contributed by atoms with Crippen LogP contribution in [0.4, 0.5) is 4.79 Å². The van der Waals surface area contributed by atoms with E-state index in [9.17, 15) is 9.59 Å². The number of piperazine rings is 1. The molecule has 9 nitrogen and oxygen atoms in total. The van der Waals surface area contributed by atoms with Gasteiger partial charge in [-0.15, -0.1) is 11.3 Å². The molecule has 1 aromatic heterocycles. The van der Waals surface area contributed by atoms with Crippen molar-refractivity contribution in [3.8, 4) is 11.5 Å². The molecule has 0 aliphatic carbocycles. The van der Waals surface area contributed by atoms with Crippen LogP contribution in [0.25, 0.3) is 10.2 Å². The Balaban J connectivity index is 1.64. The number of alkyl carbamates (subject to hydrolysis) is 1. The number of thiazole rings is 1. The Kier molecular flexibility index (Phi) is 7.22. The van der Waals surface area contributed by atoms with Gasteiger partial charge in [0.2, 0.25) is 0 Å². The Morgan fingerprint density at radius 1 is 1.16 bits per heavy atom. The maximum absolute atomic E-state index is 12.5. The zero-order valence-electron chi connectivity index (χ0n) is 18.7. The van der Waals surface area contributed by atoms with Gasteiger partial charge in [-0.25, -0.2) is 9.78 Å². The van der Waals surface area contributed by atoms with Crippen LogP contribution in [0.2, 0.25) is 0 Å². The van der Waals surface area contributed by atoms with Crippen molar-refractivity contribution < 1.29 is 23.8 Å². The Morgan fingerprint density at radius 3 is 2.52 bits per heavy atom. The van der Waals surface area contributed by atoms with Gasteiger partial charge in [0.05, 0.1) is 23.9 Å². The predicted octanol–water partition coefficient (Wildman–Crippen LogP) is 2.48. The highest BCUT2D eigenvalue weighted by atomic mass is 32.1. The monoisotopic (exact) mass is 450 g/mol. The lowest BCUT2D eigenvalue weighted by Crippen LogP contribution is -2.48. The van der Waals surface area contributed by atoms with Gasteiger partial charge in [-0.05, 0) is 27.8 Å². The van der Waals surface area contributed by atoms with Gasteiger partial charge >= 0.3 is 6.09 Å². The molecule has 31 heavy (non-hydrogen) atoms. The van der Waals surface area contributed by atoms with Crippen molar-refractivity contribution in [3.05, 3.63) is 17.1 Å². The fourth-order valence-corrected chi connectivity index (χ4v) is 4.00. The molecule has 1 saturated heterocycles. The summed E-state index contributed by atoms with van der Waals surface area (Å²) in [4.78, 5) is 32.9. The molecule has 170 valence electrons. The fraction of sp³-hybridized carbons (Fsp3) is 0.571. The van der Waals surface area contributed by atoms with Crippen molar-refractivity contribution in [2.45, 2.75) is 32.9 Å². The standard InChI is InChI=1S/C21H30N4O5S/c1-21(2,3)30-20(27)22-12-18-23-14-10-16(15(28-5)11-17(14)31-18)29-13-19(26)25-8-6-24(4)7-9-25/h10-11H,6-9,12-13H2,1-5H3,(H,22,27). The van der Waals surface area contributed by atoms with E-state index < -0.39 is 11.7 Å². The highest BCUT2D eigenvalue weighted by Gasteiger charge is 2.21. The molecule has 1 aromatic carbocycles. The van der Waals surface area contributed by atoms with E-state index in [1.807, 2.05) is 38.8 Å². The van der Waals surface area contributed by atoms with Crippen molar-refractivity contribution in [1.82, 2.24) is 20.1 Å². The second kappa shape index (κ2) is 9.69. The maximum atomic E-state index is 12.5. The summed E-state index contributed by atoms with van der Waals surface area (Å²) in [7, 11) is 3.60. The molecule has 0 bridgehead atoms. The van der Waals surface area contributed by atoms with E-state index >= 15 is 0 Å². The maximum Gasteiger partial charge on any atom is 0.408 e. The number of likely N-dealkylation sites (N-methyl/N-ethyl adjacent to an activating group) is 1. The molecule has 1 aliphatic heterocycles. The van der Waals surface area contributed by atoms with E-state index in [-0.39, 0.29) is 19.1 Å². The second-order valence-electron chi connectivity index (χ2n) is 8.41. The number of fused-ring (bicyclic) bond motifs is 1. The van der Waals surface area contributed by atoms with E-state index in [2.05, 4.69) is 15.2 Å². The molecule has 3 rings (SSSR count). The molecule has 0 unspecified atom stereocenters. The number of nitrogens with one attached hydrogen (secondary N) is 1. The number of ether oxygens (including phenoxy) is 3. The lowest BCUT2D eigenvalue weighted by molar-refractivity contribution is -0.134. The number of hydrogen-bond acceptors (Lipinski definition) is 8. The molecule has 0 atom stereocenters. The zero-order chi connectivity index (χ0) is 22.6.